The van der Waals surface area contributed by atoms with Gasteiger partial charge in [0.15, 0.2) is 0 Å². The largest absolute Gasteiger partial charge is 0.353 e. The molecule has 20 heavy (non-hydrogen) atoms. The van der Waals surface area contributed by atoms with Crippen molar-refractivity contribution in [3.8, 4) is 0 Å². The lowest BCUT2D eigenvalue weighted by atomic mass is 10.2. The average Bonchev–Trinajstić information content (AvgIpc) is 2.54. The summed E-state index contributed by atoms with van der Waals surface area (Å²) in [6.45, 7) is 3.12. The Bertz CT molecular complexity index is 620. The first kappa shape index (κ1) is 12.9. The van der Waals surface area contributed by atoms with Crippen molar-refractivity contribution in [2.24, 2.45) is 5.73 Å². The average molecular weight is 270 g/mol. The number of amides is 1. The lowest BCUT2D eigenvalue weighted by Gasteiger charge is -2.35. The number of nitrogens with zero attached hydrogens (tertiary/aromatic N) is 3. The first-order valence-corrected chi connectivity index (χ1v) is 6.86. The Kier molecular flexibility index (Phi) is 3.52. The van der Waals surface area contributed by atoms with Crippen LogP contribution in [0, 0.1) is 0 Å². The van der Waals surface area contributed by atoms with Gasteiger partial charge >= 0.3 is 0 Å². The topological polar surface area (TPSA) is 62.5 Å². The highest BCUT2D eigenvalue weighted by atomic mass is 16.2. The second-order valence-electron chi connectivity index (χ2n) is 4.93. The van der Waals surface area contributed by atoms with Gasteiger partial charge in [0.25, 0.3) is 0 Å². The van der Waals surface area contributed by atoms with E-state index in [4.69, 9.17) is 5.73 Å². The minimum atomic E-state index is 0.0242. The van der Waals surface area contributed by atoms with E-state index < -0.39 is 0 Å². The zero-order valence-corrected chi connectivity index (χ0v) is 11.3. The third-order valence-corrected chi connectivity index (χ3v) is 3.71. The molecule has 1 aromatic carbocycles. The smallest absolute Gasteiger partial charge is 0.236 e. The minimum Gasteiger partial charge on any atom is -0.353 e. The van der Waals surface area contributed by atoms with Crippen molar-refractivity contribution >= 4 is 22.6 Å². The number of rotatable bonds is 2. The molecule has 5 heteroatoms. The molecule has 0 unspecified atom stereocenters. The van der Waals surface area contributed by atoms with Crippen LogP contribution < -0.4 is 10.6 Å². The van der Waals surface area contributed by atoms with E-state index >= 15 is 0 Å². The fraction of sp³-hybridized carbons (Fsp3) is 0.333. The van der Waals surface area contributed by atoms with Gasteiger partial charge in [-0.25, -0.2) is 4.98 Å². The monoisotopic (exact) mass is 270 g/mol. The van der Waals surface area contributed by atoms with Crippen LogP contribution in [-0.4, -0.2) is 48.5 Å². The van der Waals surface area contributed by atoms with E-state index in [0.717, 1.165) is 29.8 Å². The molecule has 2 aromatic rings. The normalized spacial score (nSPS) is 15.7. The number of carbonyl (C=O) groups excluding carboxylic acids is 1. The van der Waals surface area contributed by atoms with Gasteiger partial charge in [-0.1, -0.05) is 18.2 Å². The maximum absolute atomic E-state index is 11.6. The van der Waals surface area contributed by atoms with Crippen molar-refractivity contribution < 1.29 is 4.79 Å². The molecule has 1 aromatic heterocycles. The molecule has 1 aliphatic heterocycles. The number of fused-ring (bicyclic) bond motifs is 1. The van der Waals surface area contributed by atoms with Gasteiger partial charge in [0.1, 0.15) is 5.82 Å². The second-order valence-corrected chi connectivity index (χ2v) is 4.93. The van der Waals surface area contributed by atoms with Crippen LogP contribution in [-0.2, 0) is 4.79 Å². The van der Waals surface area contributed by atoms with Gasteiger partial charge in [-0.3, -0.25) is 4.79 Å². The highest BCUT2D eigenvalue weighted by Gasteiger charge is 2.20. The summed E-state index contributed by atoms with van der Waals surface area (Å²) in [6.07, 6.45) is 0. The third-order valence-electron chi connectivity index (χ3n) is 3.71. The van der Waals surface area contributed by atoms with Gasteiger partial charge in [0.2, 0.25) is 5.91 Å². The summed E-state index contributed by atoms with van der Waals surface area (Å²) in [6, 6.07) is 12.2. The lowest BCUT2D eigenvalue weighted by molar-refractivity contribution is -0.129. The van der Waals surface area contributed by atoms with Crippen LogP contribution in [0.5, 0.6) is 0 Å². The maximum atomic E-state index is 11.6. The first-order chi connectivity index (χ1) is 9.78. The molecule has 0 bridgehead atoms. The van der Waals surface area contributed by atoms with E-state index in [9.17, 15) is 4.79 Å². The Morgan fingerprint density at radius 1 is 1.10 bits per heavy atom. The summed E-state index contributed by atoms with van der Waals surface area (Å²) >= 11 is 0. The molecule has 0 atom stereocenters. The number of para-hydroxylation sites is 1. The van der Waals surface area contributed by atoms with Crippen molar-refractivity contribution in [3.05, 3.63) is 36.4 Å². The van der Waals surface area contributed by atoms with Crippen molar-refractivity contribution in [2.45, 2.75) is 0 Å². The van der Waals surface area contributed by atoms with Crippen LogP contribution >= 0.6 is 0 Å². The van der Waals surface area contributed by atoms with Crippen LogP contribution in [0.25, 0.3) is 10.9 Å². The molecule has 1 fully saturated rings. The molecule has 5 nitrogen and oxygen atoms in total. The zero-order chi connectivity index (χ0) is 13.9. The summed E-state index contributed by atoms with van der Waals surface area (Å²) < 4.78 is 0. The summed E-state index contributed by atoms with van der Waals surface area (Å²) in [5.41, 5.74) is 6.40. The number of anilines is 1. The van der Waals surface area contributed by atoms with Crippen molar-refractivity contribution in [3.63, 3.8) is 0 Å². The SMILES string of the molecule is NCC(=O)N1CCN(c2ccc3ccccc3n2)CC1. The molecule has 0 saturated carbocycles. The molecule has 0 aliphatic carbocycles. The van der Waals surface area contributed by atoms with Crippen LogP contribution in [0.2, 0.25) is 0 Å². The highest BCUT2D eigenvalue weighted by molar-refractivity contribution is 5.80. The van der Waals surface area contributed by atoms with Crippen molar-refractivity contribution in [2.75, 3.05) is 37.6 Å². The van der Waals surface area contributed by atoms with Crippen molar-refractivity contribution in [1.82, 2.24) is 9.88 Å². The molecule has 0 radical (unpaired) electrons. The molecule has 3 rings (SSSR count). The number of nitrogens with two attached hydrogens (primary N) is 1. The number of piperazine rings is 1. The quantitative estimate of drug-likeness (QED) is 0.878. The number of benzene rings is 1. The fourth-order valence-corrected chi connectivity index (χ4v) is 2.55. The summed E-state index contributed by atoms with van der Waals surface area (Å²) in [7, 11) is 0. The molecular weight excluding hydrogens is 252 g/mol. The highest BCUT2D eigenvalue weighted by Crippen LogP contribution is 2.19. The van der Waals surface area contributed by atoms with Gasteiger partial charge in [0, 0.05) is 31.6 Å². The van der Waals surface area contributed by atoms with E-state index in [-0.39, 0.29) is 12.5 Å². The number of hydrogen-bond donors (Lipinski definition) is 1. The Morgan fingerprint density at radius 3 is 2.60 bits per heavy atom. The Morgan fingerprint density at radius 2 is 1.85 bits per heavy atom. The van der Waals surface area contributed by atoms with Crippen LogP contribution in [0.3, 0.4) is 0 Å². The molecule has 1 amide bonds. The van der Waals surface area contributed by atoms with E-state index in [1.54, 1.807) is 0 Å². The molecule has 2 N–H and O–H groups in total. The van der Waals surface area contributed by atoms with Crippen molar-refractivity contribution in [1.29, 1.82) is 0 Å². The third kappa shape index (κ3) is 2.44. The molecule has 0 spiro atoms. The Labute approximate surface area is 118 Å². The summed E-state index contributed by atoms with van der Waals surface area (Å²) in [5.74, 6) is 1.000. The summed E-state index contributed by atoms with van der Waals surface area (Å²) in [5, 5.41) is 1.15. The maximum Gasteiger partial charge on any atom is 0.236 e. The van der Waals surface area contributed by atoms with Gasteiger partial charge in [-0.05, 0) is 18.2 Å². The molecular formula is C15H18N4O. The number of pyridine rings is 1. The molecule has 1 saturated heterocycles. The fourth-order valence-electron chi connectivity index (χ4n) is 2.55. The number of carbonyl (C=O) groups is 1. The van der Waals surface area contributed by atoms with E-state index in [0.29, 0.717) is 13.1 Å². The zero-order valence-electron chi connectivity index (χ0n) is 11.3. The molecule has 2 heterocycles. The van der Waals surface area contributed by atoms with Gasteiger partial charge < -0.3 is 15.5 Å². The Balaban J connectivity index is 1.75. The Hall–Kier alpha value is -2.14. The van der Waals surface area contributed by atoms with Crippen LogP contribution in [0.1, 0.15) is 0 Å². The molecule has 1 aliphatic rings. The summed E-state index contributed by atoms with van der Waals surface area (Å²) in [4.78, 5) is 20.3. The molecule has 104 valence electrons. The van der Waals surface area contributed by atoms with Crippen LogP contribution in [0.4, 0.5) is 5.82 Å². The first-order valence-electron chi connectivity index (χ1n) is 6.86. The standard InChI is InChI=1S/C15H18N4O/c16-11-15(20)19-9-7-18(8-10-19)14-6-5-12-3-1-2-4-13(12)17-14/h1-6H,7-11,16H2. The van der Waals surface area contributed by atoms with E-state index in [1.165, 1.54) is 0 Å². The second kappa shape index (κ2) is 5.46. The van der Waals surface area contributed by atoms with E-state index in [1.807, 2.05) is 29.2 Å². The number of hydrogen-bond acceptors (Lipinski definition) is 4. The van der Waals surface area contributed by atoms with Gasteiger partial charge in [-0.2, -0.15) is 0 Å². The minimum absolute atomic E-state index is 0.0242. The van der Waals surface area contributed by atoms with Gasteiger partial charge in [0.05, 0.1) is 12.1 Å². The predicted molar refractivity (Wildman–Crippen MR) is 79.6 cm³/mol. The lowest BCUT2D eigenvalue weighted by Crippen LogP contribution is -2.50. The van der Waals surface area contributed by atoms with E-state index in [2.05, 4.69) is 22.0 Å². The predicted octanol–water partition coefficient (Wildman–Crippen LogP) is 0.842. The number of aromatic nitrogens is 1. The van der Waals surface area contributed by atoms with Gasteiger partial charge in [-0.15, -0.1) is 0 Å². The van der Waals surface area contributed by atoms with Crippen LogP contribution in [0.15, 0.2) is 36.4 Å².